The summed E-state index contributed by atoms with van der Waals surface area (Å²) in [6.07, 6.45) is 3.87. The predicted molar refractivity (Wildman–Crippen MR) is 79.3 cm³/mol. The van der Waals surface area contributed by atoms with E-state index in [0.717, 1.165) is 38.8 Å². The maximum absolute atomic E-state index is 12.7. The van der Waals surface area contributed by atoms with Gasteiger partial charge in [-0.3, -0.25) is 9.05 Å². The zero-order valence-corrected chi connectivity index (χ0v) is 13.7. The predicted octanol–water partition coefficient (Wildman–Crippen LogP) is 3.71. The van der Waals surface area contributed by atoms with Crippen LogP contribution in [0.25, 0.3) is 0 Å². The van der Waals surface area contributed by atoms with Gasteiger partial charge in [0.25, 0.3) is 0 Å². The van der Waals surface area contributed by atoms with Crippen LogP contribution in [0.1, 0.15) is 39.5 Å². The third-order valence-corrected chi connectivity index (χ3v) is 6.40. The first-order valence-corrected chi connectivity index (χ1v) is 10.0. The van der Waals surface area contributed by atoms with Gasteiger partial charge in [0.05, 0.1) is 26.4 Å². The fraction of sp³-hybridized carbons (Fsp3) is 1.00. The summed E-state index contributed by atoms with van der Waals surface area (Å²) in [5, 5.41) is 0. The summed E-state index contributed by atoms with van der Waals surface area (Å²) >= 11 is 1.23. The molecule has 0 atom stereocenters. The minimum atomic E-state index is -3.06. The first kappa shape index (κ1) is 17.5. The molecule has 19 heavy (non-hydrogen) atoms. The third kappa shape index (κ3) is 7.69. The van der Waals surface area contributed by atoms with Gasteiger partial charge < -0.3 is 4.74 Å². The van der Waals surface area contributed by atoms with E-state index in [1.165, 1.54) is 11.6 Å². The Balaban J connectivity index is 2.43. The van der Waals surface area contributed by atoms with Crippen molar-refractivity contribution in [2.24, 2.45) is 0 Å². The van der Waals surface area contributed by atoms with E-state index < -0.39 is 6.80 Å². The van der Waals surface area contributed by atoms with Crippen LogP contribution in [-0.4, -0.2) is 43.8 Å². The topological polar surface area (TPSA) is 48.0 Å². The highest BCUT2D eigenvalue weighted by Crippen LogP contribution is 2.62. The average Bonchev–Trinajstić information content (AvgIpc) is 2.40. The second-order valence-electron chi connectivity index (χ2n) is 4.44. The lowest BCUT2D eigenvalue weighted by Gasteiger charge is -2.28. The molecule has 1 saturated heterocycles. The molecule has 0 aromatic carbocycles. The van der Waals surface area contributed by atoms with E-state index in [-0.39, 0.29) is 0 Å². The monoisotopic (exact) mass is 311 g/mol. The molecule has 1 aliphatic rings. The summed E-state index contributed by atoms with van der Waals surface area (Å²) in [6, 6.07) is 0. The molecule has 1 aliphatic heterocycles. The highest BCUT2D eigenvalue weighted by Gasteiger charge is 2.30. The molecule has 0 N–H and O–H groups in total. The molecular formula is C12H26NO4PS. The smallest absolute Gasteiger partial charge is 0.379 e. The second-order valence-corrected chi connectivity index (χ2v) is 8.37. The molecule has 7 heteroatoms. The van der Waals surface area contributed by atoms with Crippen LogP contribution in [0.5, 0.6) is 0 Å². The van der Waals surface area contributed by atoms with Crippen LogP contribution in [-0.2, 0) is 18.3 Å². The Kier molecular flexibility index (Phi) is 9.37. The summed E-state index contributed by atoms with van der Waals surface area (Å²) in [5.74, 6) is 0. The molecule has 1 heterocycles. The molecule has 0 bridgehead atoms. The molecule has 0 saturated carbocycles. The Morgan fingerprint density at radius 2 is 1.63 bits per heavy atom. The number of nitrogens with zero attached hydrogens (tertiary/aromatic N) is 1. The van der Waals surface area contributed by atoms with Crippen molar-refractivity contribution in [2.45, 2.75) is 39.5 Å². The number of hydrogen-bond donors (Lipinski definition) is 0. The minimum absolute atomic E-state index is 0.497. The highest BCUT2D eigenvalue weighted by atomic mass is 32.7. The zero-order chi connectivity index (χ0) is 14.0. The summed E-state index contributed by atoms with van der Waals surface area (Å²) in [5.41, 5.74) is 0. The molecule has 114 valence electrons. The fourth-order valence-corrected chi connectivity index (χ4v) is 5.03. The first-order chi connectivity index (χ1) is 9.20. The maximum Gasteiger partial charge on any atom is 0.404 e. The zero-order valence-electron chi connectivity index (χ0n) is 12.0. The van der Waals surface area contributed by atoms with Gasteiger partial charge in [0.2, 0.25) is 0 Å². The van der Waals surface area contributed by atoms with Crippen molar-refractivity contribution in [2.75, 3.05) is 39.5 Å². The van der Waals surface area contributed by atoms with E-state index in [1.54, 1.807) is 0 Å². The van der Waals surface area contributed by atoms with E-state index in [9.17, 15) is 4.57 Å². The van der Waals surface area contributed by atoms with Gasteiger partial charge >= 0.3 is 6.80 Å². The van der Waals surface area contributed by atoms with Crippen LogP contribution in [0.4, 0.5) is 0 Å². The normalized spacial score (nSPS) is 17.8. The lowest BCUT2D eigenvalue weighted by Crippen LogP contribution is -2.31. The van der Waals surface area contributed by atoms with Gasteiger partial charge in [0, 0.05) is 24.7 Å². The van der Waals surface area contributed by atoms with Gasteiger partial charge in [-0.05, 0) is 12.8 Å². The molecular weight excluding hydrogens is 285 g/mol. The summed E-state index contributed by atoms with van der Waals surface area (Å²) in [7, 11) is 0. The van der Waals surface area contributed by atoms with Gasteiger partial charge in [-0.2, -0.15) is 0 Å². The van der Waals surface area contributed by atoms with E-state index >= 15 is 0 Å². The average molecular weight is 311 g/mol. The Morgan fingerprint density at radius 3 is 2.11 bits per heavy atom. The molecule has 0 spiro atoms. The van der Waals surface area contributed by atoms with Crippen LogP contribution in [0.2, 0.25) is 0 Å². The van der Waals surface area contributed by atoms with Gasteiger partial charge in [0.15, 0.2) is 0 Å². The molecule has 0 radical (unpaired) electrons. The number of morpholine rings is 1. The van der Waals surface area contributed by atoms with Crippen molar-refractivity contribution in [3.05, 3.63) is 0 Å². The van der Waals surface area contributed by atoms with Crippen molar-refractivity contribution in [1.29, 1.82) is 0 Å². The summed E-state index contributed by atoms with van der Waals surface area (Å²) in [6.45, 7) is 4.99. The van der Waals surface area contributed by atoms with Crippen molar-refractivity contribution in [3.63, 3.8) is 0 Å². The van der Waals surface area contributed by atoms with Crippen molar-refractivity contribution >= 4 is 18.4 Å². The third-order valence-electron chi connectivity index (χ3n) is 2.68. The minimum Gasteiger partial charge on any atom is -0.379 e. The van der Waals surface area contributed by atoms with Crippen LogP contribution in [0, 0.1) is 0 Å². The van der Waals surface area contributed by atoms with E-state index in [2.05, 4.69) is 13.8 Å². The Bertz CT molecular complexity index is 260. The maximum atomic E-state index is 12.7. The molecule has 1 fully saturated rings. The summed E-state index contributed by atoms with van der Waals surface area (Å²) in [4.78, 5) is 0. The largest absolute Gasteiger partial charge is 0.404 e. The number of unbranched alkanes of at least 4 members (excludes halogenated alkanes) is 2. The SMILES string of the molecule is CCCCOP(=O)(OCCCC)SN1CCOCC1. The van der Waals surface area contributed by atoms with Crippen LogP contribution < -0.4 is 0 Å². The van der Waals surface area contributed by atoms with Gasteiger partial charge in [-0.25, -0.2) is 8.87 Å². The van der Waals surface area contributed by atoms with E-state index in [1.807, 2.05) is 4.31 Å². The summed E-state index contributed by atoms with van der Waals surface area (Å²) < 4.78 is 31.0. The molecule has 5 nitrogen and oxygen atoms in total. The fourth-order valence-electron chi connectivity index (χ4n) is 1.50. The van der Waals surface area contributed by atoms with Crippen LogP contribution in [0.15, 0.2) is 0 Å². The lowest BCUT2D eigenvalue weighted by molar-refractivity contribution is 0.0774. The second kappa shape index (κ2) is 10.2. The van der Waals surface area contributed by atoms with Crippen molar-refractivity contribution in [3.8, 4) is 0 Å². The number of rotatable bonds is 10. The molecule has 0 aliphatic carbocycles. The molecule has 0 unspecified atom stereocenters. The molecule has 0 aromatic rings. The number of ether oxygens (including phenoxy) is 1. The molecule has 0 amide bonds. The Morgan fingerprint density at radius 1 is 1.11 bits per heavy atom. The Hall–Kier alpha value is 0.420. The first-order valence-electron chi connectivity index (χ1n) is 7.11. The lowest BCUT2D eigenvalue weighted by atomic mass is 10.4. The number of hydrogen-bond acceptors (Lipinski definition) is 6. The van der Waals surface area contributed by atoms with Crippen molar-refractivity contribution < 1.29 is 18.3 Å². The van der Waals surface area contributed by atoms with Gasteiger partial charge in [0.1, 0.15) is 0 Å². The van der Waals surface area contributed by atoms with Gasteiger partial charge in [-0.1, -0.05) is 26.7 Å². The van der Waals surface area contributed by atoms with E-state index in [0.29, 0.717) is 26.4 Å². The quantitative estimate of drug-likeness (QED) is 0.348. The Labute approximate surface area is 120 Å². The highest BCUT2D eigenvalue weighted by molar-refractivity contribution is 8.53. The van der Waals surface area contributed by atoms with E-state index in [4.69, 9.17) is 13.8 Å². The van der Waals surface area contributed by atoms with Gasteiger partial charge in [-0.15, -0.1) is 0 Å². The molecule has 1 rings (SSSR count). The van der Waals surface area contributed by atoms with Crippen LogP contribution in [0.3, 0.4) is 0 Å². The van der Waals surface area contributed by atoms with Crippen molar-refractivity contribution in [1.82, 2.24) is 4.31 Å². The standard InChI is InChI=1S/C12H26NO4PS/c1-3-5-9-16-18(14,17-10-6-4-2)19-13-7-11-15-12-8-13/h3-12H2,1-2H3. The molecule has 0 aromatic heterocycles. The van der Waals surface area contributed by atoms with Crippen LogP contribution >= 0.6 is 18.4 Å².